The molecule has 5 nitrogen and oxygen atoms in total. The van der Waals surface area contributed by atoms with Crippen molar-refractivity contribution in [1.29, 1.82) is 0 Å². The van der Waals surface area contributed by atoms with Crippen LogP contribution in [0, 0.1) is 5.82 Å². The van der Waals surface area contributed by atoms with Gasteiger partial charge in [0, 0.05) is 36.9 Å². The summed E-state index contributed by atoms with van der Waals surface area (Å²) >= 11 is 0. The number of ether oxygens (including phenoxy) is 1. The van der Waals surface area contributed by atoms with Gasteiger partial charge in [-0.2, -0.15) is 0 Å². The first-order valence-electron chi connectivity index (χ1n) is 10.8. The highest BCUT2D eigenvalue weighted by atomic mass is 19.1. The largest absolute Gasteiger partial charge is 0.494 e. The molecule has 0 amide bonds. The third-order valence-electron chi connectivity index (χ3n) is 6.37. The number of pyridine rings is 1. The number of carboxylic acids is 1. The lowest BCUT2D eigenvalue weighted by Crippen LogP contribution is -2.14. The van der Waals surface area contributed by atoms with Crippen molar-refractivity contribution in [2.24, 2.45) is 0 Å². The molecule has 2 aromatic carbocycles. The summed E-state index contributed by atoms with van der Waals surface area (Å²) in [4.78, 5) is 17.6. The number of nitrogens with zero attached hydrogens (tertiary/aromatic N) is 2. The average molecular weight is 435 g/mol. The van der Waals surface area contributed by atoms with Crippen LogP contribution in [0.15, 0.2) is 54.9 Å². The van der Waals surface area contributed by atoms with Crippen LogP contribution in [0.1, 0.15) is 52.2 Å². The van der Waals surface area contributed by atoms with Gasteiger partial charge in [-0.25, -0.2) is 9.18 Å². The summed E-state index contributed by atoms with van der Waals surface area (Å²) < 4.78 is 18.9. The minimum Gasteiger partial charge on any atom is -0.494 e. The van der Waals surface area contributed by atoms with Crippen LogP contribution in [0.3, 0.4) is 0 Å². The molecule has 4 rings (SSSR count). The van der Waals surface area contributed by atoms with E-state index in [1.165, 1.54) is 30.5 Å². The average Bonchev–Trinajstić information content (AvgIpc) is 2.82. The fraction of sp³-hybridized carbons (Fsp3) is 0.308. The van der Waals surface area contributed by atoms with Crippen molar-refractivity contribution in [2.75, 3.05) is 19.1 Å². The van der Waals surface area contributed by atoms with Crippen LogP contribution in [-0.2, 0) is 12.8 Å². The van der Waals surface area contributed by atoms with Crippen molar-refractivity contribution in [1.82, 2.24) is 4.98 Å². The molecule has 0 unspecified atom stereocenters. The van der Waals surface area contributed by atoms with Gasteiger partial charge in [-0.3, -0.25) is 4.98 Å². The normalized spacial score (nSPS) is 15.2. The van der Waals surface area contributed by atoms with Gasteiger partial charge in [0.15, 0.2) is 11.6 Å². The van der Waals surface area contributed by atoms with E-state index >= 15 is 0 Å². The highest BCUT2D eigenvalue weighted by molar-refractivity contribution is 5.89. The van der Waals surface area contributed by atoms with Gasteiger partial charge in [-0.1, -0.05) is 6.07 Å². The van der Waals surface area contributed by atoms with Crippen molar-refractivity contribution < 1.29 is 19.0 Å². The number of benzene rings is 2. The van der Waals surface area contributed by atoms with E-state index in [0.29, 0.717) is 17.9 Å². The first-order valence-corrected chi connectivity index (χ1v) is 10.8. The molecule has 0 saturated heterocycles. The first kappa shape index (κ1) is 21.8. The second kappa shape index (κ2) is 9.39. The number of aromatic nitrogens is 1. The second-order valence-electron chi connectivity index (χ2n) is 8.23. The molecular weight excluding hydrogens is 407 g/mol. The number of rotatable bonds is 7. The van der Waals surface area contributed by atoms with E-state index in [0.717, 1.165) is 42.6 Å². The molecule has 1 N–H and O–H groups in total. The Hall–Kier alpha value is -3.41. The van der Waals surface area contributed by atoms with E-state index in [4.69, 9.17) is 4.74 Å². The molecule has 0 bridgehead atoms. The minimum atomic E-state index is -0.906. The van der Waals surface area contributed by atoms with Crippen LogP contribution in [0.25, 0.3) is 0 Å². The Morgan fingerprint density at radius 2 is 2.00 bits per heavy atom. The maximum absolute atomic E-state index is 13.8. The maximum atomic E-state index is 13.8. The fourth-order valence-corrected chi connectivity index (χ4v) is 4.58. The van der Waals surface area contributed by atoms with Crippen LogP contribution in [0.5, 0.6) is 5.75 Å². The molecule has 1 atom stereocenters. The van der Waals surface area contributed by atoms with E-state index in [2.05, 4.69) is 23.2 Å². The predicted molar refractivity (Wildman–Crippen MR) is 123 cm³/mol. The summed E-state index contributed by atoms with van der Waals surface area (Å²) in [6, 6.07) is 12.9. The zero-order valence-electron chi connectivity index (χ0n) is 18.3. The number of carbonyl (C=O) groups is 1. The van der Waals surface area contributed by atoms with Crippen molar-refractivity contribution >= 4 is 17.3 Å². The minimum absolute atomic E-state index is 0.225. The number of hydrogen-bond acceptors (Lipinski definition) is 4. The first-order chi connectivity index (χ1) is 15.5. The molecule has 0 saturated carbocycles. The topological polar surface area (TPSA) is 62.7 Å². The quantitative estimate of drug-likeness (QED) is 0.513. The molecule has 0 fully saturated rings. The number of aryl methyl sites for hydroxylation is 2. The van der Waals surface area contributed by atoms with Crippen molar-refractivity contribution in [2.45, 2.75) is 38.0 Å². The number of carboxylic acid groups (broad SMARTS) is 1. The lowest BCUT2D eigenvalue weighted by molar-refractivity contribution is 0.0695. The van der Waals surface area contributed by atoms with E-state index in [1.54, 1.807) is 24.4 Å². The molecule has 32 heavy (non-hydrogen) atoms. The van der Waals surface area contributed by atoms with E-state index in [1.807, 2.05) is 11.9 Å². The molecule has 1 aliphatic rings. The summed E-state index contributed by atoms with van der Waals surface area (Å²) in [7, 11) is 3.43. The maximum Gasteiger partial charge on any atom is 0.336 e. The summed E-state index contributed by atoms with van der Waals surface area (Å²) in [6.45, 7) is 0. The Bertz CT molecular complexity index is 1130. The lowest BCUT2D eigenvalue weighted by atomic mass is 9.79. The van der Waals surface area contributed by atoms with Gasteiger partial charge in [0.25, 0.3) is 0 Å². The summed E-state index contributed by atoms with van der Waals surface area (Å²) in [5.41, 5.74) is 5.68. The number of fused-ring (bicyclic) bond motifs is 1. The fourth-order valence-electron chi connectivity index (χ4n) is 4.58. The van der Waals surface area contributed by atoms with Gasteiger partial charge in [0.2, 0.25) is 0 Å². The van der Waals surface area contributed by atoms with Crippen molar-refractivity contribution in [3.05, 3.63) is 82.9 Å². The molecule has 0 spiro atoms. The van der Waals surface area contributed by atoms with Gasteiger partial charge in [0.05, 0.1) is 12.7 Å². The SMILES string of the molecule is COc1cc(N(C)c2ccc3c(c2)CCC[C@H]3CCc2cnccc2C(=O)O)ccc1F. The smallest absolute Gasteiger partial charge is 0.336 e. The molecule has 0 radical (unpaired) electrons. The summed E-state index contributed by atoms with van der Waals surface area (Å²) in [5, 5.41) is 9.42. The lowest BCUT2D eigenvalue weighted by Gasteiger charge is -2.28. The molecule has 6 heteroatoms. The molecule has 1 aromatic heterocycles. The van der Waals surface area contributed by atoms with Gasteiger partial charge in [-0.15, -0.1) is 0 Å². The number of aromatic carboxylic acids is 1. The second-order valence-corrected chi connectivity index (χ2v) is 8.23. The third kappa shape index (κ3) is 4.44. The van der Waals surface area contributed by atoms with Gasteiger partial charge < -0.3 is 14.7 Å². The van der Waals surface area contributed by atoms with Crippen LogP contribution < -0.4 is 9.64 Å². The highest BCUT2D eigenvalue weighted by Gasteiger charge is 2.22. The predicted octanol–water partition coefficient (Wildman–Crippen LogP) is 5.75. The monoisotopic (exact) mass is 434 g/mol. The van der Waals surface area contributed by atoms with Crippen LogP contribution >= 0.6 is 0 Å². The van der Waals surface area contributed by atoms with Gasteiger partial charge >= 0.3 is 5.97 Å². The number of methoxy groups -OCH3 is 1. The Morgan fingerprint density at radius 1 is 1.22 bits per heavy atom. The Morgan fingerprint density at radius 3 is 2.78 bits per heavy atom. The molecule has 1 heterocycles. The zero-order chi connectivity index (χ0) is 22.7. The van der Waals surface area contributed by atoms with Crippen LogP contribution in [0.4, 0.5) is 15.8 Å². The molecule has 3 aromatic rings. The molecule has 166 valence electrons. The standard InChI is InChI=1S/C26H27FN2O3/c1-29(21-9-11-24(27)25(15-21)32-2)20-8-10-22-17(4-3-5-18(22)14-20)6-7-19-16-28-13-12-23(19)26(30)31/h8-17H,3-7H2,1-2H3,(H,30,31)/t17-/m0/s1. The van der Waals surface area contributed by atoms with Gasteiger partial charge in [0.1, 0.15) is 0 Å². The van der Waals surface area contributed by atoms with Gasteiger partial charge in [-0.05, 0) is 85.0 Å². The van der Waals surface area contributed by atoms with Crippen molar-refractivity contribution in [3.8, 4) is 5.75 Å². The summed E-state index contributed by atoms with van der Waals surface area (Å²) in [5.74, 6) is -0.663. The highest BCUT2D eigenvalue weighted by Crippen LogP contribution is 2.38. The van der Waals surface area contributed by atoms with Crippen LogP contribution in [-0.4, -0.2) is 30.2 Å². The van der Waals surface area contributed by atoms with E-state index in [9.17, 15) is 14.3 Å². The Kier molecular flexibility index (Phi) is 6.40. The van der Waals surface area contributed by atoms with Crippen molar-refractivity contribution in [3.63, 3.8) is 0 Å². The van der Waals surface area contributed by atoms with Crippen LogP contribution in [0.2, 0.25) is 0 Å². The number of halogens is 1. The Labute approximate surface area is 187 Å². The number of hydrogen-bond donors (Lipinski definition) is 1. The molecular formula is C26H27FN2O3. The summed E-state index contributed by atoms with van der Waals surface area (Å²) in [6.07, 6.45) is 8.00. The zero-order valence-corrected chi connectivity index (χ0v) is 18.3. The van der Waals surface area contributed by atoms with E-state index < -0.39 is 5.97 Å². The molecule has 0 aliphatic heterocycles. The Balaban J connectivity index is 1.53. The number of anilines is 2. The third-order valence-corrected chi connectivity index (χ3v) is 6.37. The van der Waals surface area contributed by atoms with E-state index in [-0.39, 0.29) is 11.6 Å². The molecule has 1 aliphatic carbocycles.